The minimum Gasteiger partial charge on any atom is -0.345 e. The Hall–Kier alpha value is -5.14. The lowest BCUT2D eigenvalue weighted by atomic mass is 10.1. The summed E-state index contributed by atoms with van der Waals surface area (Å²) < 4.78 is 0. The molecular weight excluding hydrogens is 780 g/mol. The number of carbonyl (C=O) groups excluding carboxylic acids is 10. The molecule has 0 heterocycles. The summed E-state index contributed by atoms with van der Waals surface area (Å²) >= 11 is 0. The molecule has 0 aliphatic carbocycles. The number of nitrogens with one attached hydrogen (secondary N) is 9. The average molecular weight is 853 g/mol. The molecule has 0 radical (unpaired) electrons. The van der Waals surface area contributed by atoms with Crippen LogP contribution < -0.4 is 53.6 Å². The maximum absolute atomic E-state index is 13.4. The summed E-state index contributed by atoms with van der Waals surface area (Å²) in [4.78, 5) is 129. The van der Waals surface area contributed by atoms with E-state index in [0.29, 0.717) is 19.1 Å². The topological polar surface area (TPSA) is 305 Å². The molecule has 0 bridgehead atoms. The van der Waals surface area contributed by atoms with Gasteiger partial charge in [-0.05, 0) is 64.2 Å². The van der Waals surface area contributed by atoms with Crippen LogP contribution in [-0.2, 0) is 47.9 Å². The molecule has 20 heteroatoms. The minimum atomic E-state index is -1.11. The first kappa shape index (κ1) is 54.9. The Labute approximate surface area is 354 Å². The molecule has 0 spiro atoms. The van der Waals surface area contributed by atoms with Crippen LogP contribution in [-0.4, -0.2) is 120 Å². The Morgan fingerprint density at radius 1 is 0.317 bits per heavy atom. The summed E-state index contributed by atoms with van der Waals surface area (Å²) in [5.74, 6) is -5.59. The van der Waals surface area contributed by atoms with Crippen LogP contribution in [0.3, 0.4) is 0 Å². The highest BCUT2D eigenvalue weighted by atomic mass is 16.2. The fourth-order valence-corrected chi connectivity index (χ4v) is 5.71. The Morgan fingerprint density at radius 3 is 0.650 bits per heavy atom. The Bertz CT molecular complexity index is 1460. The van der Waals surface area contributed by atoms with Gasteiger partial charge in [0.1, 0.15) is 54.6 Å². The number of aldehydes is 1. The van der Waals surface area contributed by atoms with E-state index in [9.17, 15) is 47.9 Å². The number of rotatable bonds is 29. The van der Waals surface area contributed by atoms with Crippen molar-refractivity contribution < 1.29 is 47.9 Å². The first-order valence-corrected chi connectivity index (χ1v) is 21.3. The molecule has 20 nitrogen and oxygen atoms in total. The number of carbonyl (C=O) groups is 10. The van der Waals surface area contributed by atoms with Gasteiger partial charge in [0, 0.05) is 0 Å². The predicted molar refractivity (Wildman–Crippen MR) is 224 cm³/mol. The second-order valence-corrected chi connectivity index (χ2v) is 14.4. The van der Waals surface area contributed by atoms with Gasteiger partial charge in [-0.15, -0.1) is 0 Å². The first-order chi connectivity index (χ1) is 28.4. The Balaban J connectivity index is 5.57. The maximum atomic E-state index is 13.4. The molecule has 0 saturated heterocycles. The van der Waals surface area contributed by atoms with Crippen LogP contribution >= 0.6 is 0 Å². The van der Waals surface area contributed by atoms with Gasteiger partial charge in [-0.2, -0.15) is 0 Å². The number of hydrogen-bond donors (Lipinski definition) is 10. The summed E-state index contributed by atoms with van der Waals surface area (Å²) in [6.45, 7) is 16.7. The van der Waals surface area contributed by atoms with Gasteiger partial charge in [0.2, 0.25) is 53.2 Å². The number of amides is 9. The van der Waals surface area contributed by atoms with Crippen LogP contribution in [0.25, 0.3) is 0 Å². The minimum absolute atomic E-state index is 0.120. The lowest BCUT2D eigenvalue weighted by molar-refractivity contribution is -0.136. The summed E-state index contributed by atoms with van der Waals surface area (Å²) in [7, 11) is 0. The summed E-state index contributed by atoms with van der Waals surface area (Å²) in [6.07, 6.45) is 2.68. The highest BCUT2D eigenvalue weighted by molar-refractivity contribution is 5.98. The van der Waals surface area contributed by atoms with Gasteiger partial charge in [-0.25, -0.2) is 0 Å². The predicted octanol–water partition coefficient (Wildman–Crippen LogP) is -1.02. The molecule has 0 aliphatic heterocycles. The Kier molecular flexibility index (Phi) is 26.6. The molecular formula is C40H72N10O10. The molecule has 0 unspecified atom stereocenters. The third-order valence-corrected chi connectivity index (χ3v) is 10.0. The van der Waals surface area contributed by atoms with Gasteiger partial charge in [0.25, 0.3) is 0 Å². The van der Waals surface area contributed by atoms with Crippen molar-refractivity contribution >= 4 is 59.5 Å². The monoisotopic (exact) mass is 853 g/mol. The van der Waals surface area contributed by atoms with E-state index in [4.69, 9.17) is 5.73 Å². The van der Waals surface area contributed by atoms with Gasteiger partial charge in [-0.1, -0.05) is 69.2 Å². The molecule has 0 aliphatic rings. The van der Waals surface area contributed by atoms with Gasteiger partial charge < -0.3 is 58.4 Å². The quantitative estimate of drug-likeness (QED) is 0.0406. The summed E-state index contributed by atoms with van der Waals surface area (Å²) in [5, 5.41) is 23.4. The largest absolute Gasteiger partial charge is 0.345 e. The zero-order chi connectivity index (χ0) is 46.1. The highest BCUT2D eigenvalue weighted by Gasteiger charge is 2.33. The molecule has 11 N–H and O–H groups in total. The molecule has 60 heavy (non-hydrogen) atoms. The van der Waals surface area contributed by atoms with Crippen molar-refractivity contribution in [1.82, 2.24) is 47.9 Å². The second-order valence-electron chi connectivity index (χ2n) is 14.4. The fourth-order valence-electron chi connectivity index (χ4n) is 5.71. The van der Waals surface area contributed by atoms with Gasteiger partial charge in [-0.3, -0.25) is 43.2 Å². The van der Waals surface area contributed by atoms with Gasteiger partial charge in [0.05, 0.1) is 12.1 Å². The van der Waals surface area contributed by atoms with E-state index < -0.39 is 114 Å². The normalized spacial score (nSPS) is 15.9. The molecule has 0 fully saturated rings. The molecule has 0 aromatic heterocycles. The van der Waals surface area contributed by atoms with Crippen LogP contribution in [0, 0.1) is 0 Å². The smallest absolute Gasteiger partial charge is 0.243 e. The van der Waals surface area contributed by atoms with E-state index >= 15 is 0 Å². The first-order valence-electron chi connectivity index (χ1n) is 21.3. The van der Waals surface area contributed by atoms with Crippen molar-refractivity contribution in [3.8, 4) is 0 Å². The Morgan fingerprint density at radius 2 is 0.500 bits per heavy atom. The standard InChI is InChI=1S/C40H72N10O10/c1-11-22(21-51)42-33(53)24(13-3)44-35(55)26(15-5)46-37(57)28(17-7)48-39(59)30(19-9)50-40(60)31(20-10)49-38(58)29(18-8)47-36(56)27(16-6)45-34(54)25(14-4)43-32(52)23(41)12-2/h21-31H,11-20,41H2,1-10H3,(H,42,53)(H,43,52)(H,44,55)(H,45,54)(H,46,57)(H,47,56)(H,48,59)(H,49,58)(H,50,60)/t22-,23-,24-,25-,26-,27-,28-,29-,30-,31-/m0/s1. The van der Waals surface area contributed by atoms with E-state index in [-0.39, 0.29) is 51.4 Å². The second kappa shape index (κ2) is 29.1. The zero-order valence-electron chi connectivity index (χ0n) is 37.1. The van der Waals surface area contributed by atoms with Crippen molar-refractivity contribution in [3.05, 3.63) is 0 Å². The van der Waals surface area contributed by atoms with E-state index in [1.807, 2.05) is 0 Å². The maximum Gasteiger partial charge on any atom is 0.243 e. The van der Waals surface area contributed by atoms with Crippen LogP contribution in [0.4, 0.5) is 0 Å². The third-order valence-electron chi connectivity index (χ3n) is 10.0. The van der Waals surface area contributed by atoms with E-state index in [0.717, 1.165) is 0 Å². The fraction of sp³-hybridized carbons (Fsp3) is 0.750. The van der Waals surface area contributed by atoms with E-state index in [1.165, 1.54) is 0 Å². The highest BCUT2D eigenvalue weighted by Crippen LogP contribution is 2.05. The molecule has 10 atom stereocenters. The van der Waals surface area contributed by atoms with Crippen molar-refractivity contribution in [1.29, 1.82) is 0 Å². The van der Waals surface area contributed by atoms with Crippen molar-refractivity contribution in [2.75, 3.05) is 0 Å². The van der Waals surface area contributed by atoms with Crippen molar-refractivity contribution in [2.24, 2.45) is 5.73 Å². The lowest BCUT2D eigenvalue weighted by Gasteiger charge is -2.27. The molecule has 0 saturated carbocycles. The van der Waals surface area contributed by atoms with Crippen LogP contribution in [0.5, 0.6) is 0 Å². The van der Waals surface area contributed by atoms with Crippen LogP contribution in [0.2, 0.25) is 0 Å². The van der Waals surface area contributed by atoms with Gasteiger partial charge in [0.15, 0.2) is 0 Å². The van der Waals surface area contributed by atoms with Crippen LogP contribution in [0.15, 0.2) is 0 Å². The molecule has 0 rings (SSSR count). The summed E-state index contributed by atoms with van der Waals surface area (Å²) in [6, 6.07) is -9.84. The third kappa shape index (κ3) is 18.0. The molecule has 0 aromatic carbocycles. The van der Waals surface area contributed by atoms with Crippen molar-refractivity contribution in [2.45, 2.75) is 194 Å². The average Bonchev–Trinajstić information content (AvgIpc) is 3.25. The molecule has 9 amide bonds. The SMILES string of the molecule is CC[C@@H](C=O)NC(=O)[C@H](CC)NC(=O)[C@H](CC)NC(=O)[C@H](CC)NC(=O)[C@H](CC)NC(=O)[C@H](CC)NC(=O)[C@H](CC)NC(=O)[C@H](CC)NC(=O)[C@H](CC)NC(=O)[C@@H](N)CC. The van der Waals surface area contributed by atoms with Crippen LogP contribution in [0.1, 0.15) is 133 Å². The van der Waals surface area contributed by atoms with E-state index in [2.05, 4.69) is 47.9 Å². The van der Waals surface area contributed by atoms with Crippen molar-refractivity contribution in [3.63, 3.8) is 0 Å². The van der Waals surface area contributed by atoms with Gasteiger partial charge >= 0.3 is 0 Å². The molecule has 0 aromatic rings. The van der Waals surface area contributed by atoms with E-state index in [1.54, 1.807) is 69.2 Å². The lowest BCUT2D eigenvalue weighted by Crippen LogP contribution is -2.60. The molecule has 342 valence electrons. The number of hydrogen-bond acceptors (Lipinski definition) is 11. The summed E-state index contributed by atoms with van der Waals surface area (Å²) in [5.41, 5.74) is 5.76. The zero-order valence-corrected chi connectivity index (χ0v) is 37.1. The number of nitrogens with two attached hydrogens (primary N) is 1.